The molecule has 0 fully saturated rings. The highest BCUT2D eigenvalue weighted by Crippen LogP contribution is 2.20. The molecule has 6 nitrogen and oxygen atoms in total. The number of sulfonamides is 1. The van der Waals surface area contributed by atoms with Crippen LogP contribution in [0, 0.1) is 12.7 Å². The minimum absolute atomic E-state index is 0. The Balaban J connectivity index is 0.00000420. The van der Waals surface area contributed by atoms with Crippen LogP contribution in [0.5, 0.6) is 0 Å². The number of nitrogens with one attached hydrogen (secondary N) is 3. The summed E-state index contributed by atoms with van der Waals surface area (Å²) in [6, 6.07) is 8.14. The molecular formula is C18H26FIN4O2S3. The molecule has 0 spiro atoms. The second-order valence-electron chi connectivity index (χ2n) is 5.96. The van der Waals surface area contributed by atoms with Crippen LogP contribution >= 0.6 is 47.1 Å². The lowest BCUT2D eigenvalue weighted by atomic mass is 10.1. The lowest BCUT2D eigenvalue weighted by Gasteiger charge is -2.14. The number of thioether (sulfide) groups is 1. The minimum Gasteiger partial charge on any atom is -0.355 e. The molecule has 0 saturated carbocycles. The lowest BCUT2D eigenvalue weighted by Crippen LogP contribution is -2.41. The largest absolute Gasteiger partial charge is 0.355 e. The van der Waals surface area contributed by atoms with Gasteiger partial charge in [0.15, 0.2) is 5.96 Å². The monoisotopic (exact) mass is 572 g/mol. The van der Waals surface area contributed by atoms with Crippen molar-refractivity contribution in [3.63, 3.8) is 0 Å². The molecule has 2 aromatic rings. The summed E-state index contributed by atoms with van der Waals surface area (Å²) in [4.78, 5) is 5.08. The molecule has 0 bridgehead atoms. The maximum atomic E-state index is 13.4. The van der Waals surface area contributed by atoms with Crippen molar-refractivity contribution < 1.29 is 12.8 Å². The molecule has 3 N–H and O–H groups in total. The first kappa shape index (κ1) is 26.1. The minimum atomic E-state index is -3.49. The first-order valence-corrected chi connectivity index (χ1v) is 12.3. The standard InChI is InChI=1S/C18H25FN4O2S3.HI/c1-13-4-7-17(27-13)28(24,25)23-9-8-21-18(20-2)22-11-14-5-6-16(19)10-15(14)12-26-3;/h4-7,10,23H,8-9,11-12H2,1-3H3,(H2,20,21,22);1H. The highest BCUT2D eigenvalue weighted by molar-refractivity contribution is 14.0. The Kier molecular flexibility index (Phi) is 11.5. The van der Waals surface area contributed by atoms with Gasteiger partial charge in [0.25, 0.3) is 0 Å². The maximum Gasteiger partial charge on any atom is 0.250 e. The lowest BCUT2D eigenvalue weighted by molar-refractivity contribution is 0.582. The van der Waals surface area contributed by atoms with E-state index in [1.54, 1.807) is 43.1 Å². The molecular weight excluding hydrogens is 546 g/mol. The molecule has 1 aromatic carbocycles. The number of guanidine groups is 1. The Hall–Kier alpha value is -0.890. The fourth-order valence-corrected chi connectivity index (χ4v) is 5.39. The summed E-state index contributed by atoms with van der Waals surface area (Å²) < 4.78 is 40.7. The van der Waals surface area contributed by atoms with Crippen molar-refractivity contribution in [1.82, 2.24) is 15.4 Å². The fourth-order valence-electron chi connectivity index (χ4n) is 2.45. The van der Waals surface area contributed by atoms with E-state index >= 15 is 0 Å². The summed E-state index contributed by atoms with van der Waals surface area (Å²) in [7, 11) is -1.84. The Bertz CT molecular complexity index is 920. The van der Waals surface area contributed by atoms with Gasteiger partial charge in [0.2, 0.25) is 10.0 Å². The van der Waals surface area contributed by atoms with Crippen molar-refractivity contribution >= 4 is 63.1 Å². The molecule has 0 amide bonds. The van der Waals surface area contributed by atoms with Crippen LogP contribution in [-0.2, 0) is 22.3 Å². The zero-order chi connectivity index (χ0) is 20.6. The zero-order valence-corrected chi connectivity index (χ0v) is 21.3. The highest BCUT2D eigenvalue weighted by atomic mass is 127. The second-order valence-corrected chi connectivity index (χ2v) is 10.1. The summed E-state index contributed by atoms with van der Waals surface area (Å²) in [5.74, 6) is 1.03. The molecule has 162 valence electrons. The van der Waals surface area contributed by atoms with E-state index in [-0.39, 0.29) is 36.3 Å². The van der Waals surface area contributed by atoms with E-state index in [9.17, 15) is 12.8 Å². The van der Waals surface area contributed by atoms with Gasteiger partial charge in [-0.2, -0.15) is 11.8 Å². The van der Waals surface area contributed by atoms with Crippen molar-refractivity contribution in [2.45, 2.75) is 23.4 Å². The normalized spacial score (nSPS) is 11.8. The average molecular weight is 573 g/mol. The van der Waals surface area contributed by atoms with Gasteiger partial charge in [-0.3, -0.25) is 4.99 Å². The van der Waals surface area contributed by atoms with Crippen molar-refractivity contribution in [3.05, 3.63) is 52.2 Å². The van der Waals surface area contributed by atoms with Crippen LogP contribution in [0.3, 0.4) is 0 Å². The third kappa shape index (κ3) is 8.40. The van der Waals surface area contributed by atoms with Gasteiger partial charge >= 0.3 is 0 Å². The first-order valence-electron chi connectivity index (χ1n) is 8.62. The highest BCUT2D eigenvalue weighted by Gasteiger charge is 2.15. The van der Waals surface area contributed by atoms with Gasteiger partial charge in [-0.15, -0.1) is 35.3 Å². The molecule has 0 aliphatic rings. The molecule has 0 aliphatic heterocycles. The van der Waals surface area contributed by atoms with Gasteiger partial charge in [0, 0.05) is 37.3 Å². The summed E-state index contributed by atoms with van der Waals surface area (Å²) in [5, 5.41) is 6.24. The average Bonchev–Trinajstić information content (AvgIpc) is 3.10. The predicted molar refractivity (Wildman–Crippen MR) is 131 cm³/mol. The quantitative estimate of drug-likeness (QED) is 0.186. The number of nitrogens with zero attached hydrogens (tertiary/aromatic N) is 1. The topological polar surface area (TPSA) is 82.6 Å². The maximum absolute atomic E-state index is 13.4. The van der Waals surface area contributed by atoms with E-state index in [0.717, 1.165) is 21.8 Å². The van der Waals surface area contributed by atoms with Crippen LogP contribution in [0.1, 0.15) is 16.0 Å². The van der Waals surface area contributed by atoms with E-state index in [4.69, 9.17) is 0 Å². The van der Waals surface area contributed by atoms with Gasteiger partial charge in [-0.25, -0.2) is 17.5 Å². The van der Waals surface area contributed by atoms with Crippen molar-refractivity contribution in [2.75, 3.05) is 26.4 Å². The molecule has 11 heteroatoms. The Morgan fingerprint density at radius 1 is 1.17 bits per heavy atom. The van der Waals surface area contributed by atoms with Crippen molar-refractivity contribution in [3.8, 4) is 0 Å². The van der Waals surface area contributed by atoms with Crippen LogP contribution < -0.4 is 15.4 Å². The number of aryl methyl sites for hydroxylation is 1. The first-order chi connectivity index (χ1) is 13.4. The van der Waals surface area contributed by atoms with Crippen LogP contribution in [0.2, 0.25) is 0 Å². The SMILES string of the molecule is CN=C(NCCNS(=O)(=O)c1ccc(C)s1)NCc1ccc(F)cc1CSC.I. The molecule has 0 saturated heterocycles. The number of aliphatic imine (C=N–C) groups is 1. The fraction of sp³-hybridized carbons (Fsp3) is 0.389. The Labute approximate surface area is 197 Å². The number of thiophene rings is 1. The number of hydrogen-bond acceptors (Lipinski definition) is 5. The molecule has 2 rings (SSSR count). The summed E-state index contributed by atoms with van der Waals surface area (Å²) in [5.41, 5.74) is 1.93. The van der Waals surface area contributed by atoms with Crippen LogP contribution in [-0.4, -0.2) is 40.8 Å². The van der Waals surface area contributed by atoms with E-state index in [0.29, 0.717) is 23.3 Å². The van der Waals surface area contributed by atoms with Gasteiger partial charge < -0.3 is 10.6 Å². The second kappa shape index (κ2) is 12.7. The van der Waals surface area contributed by atoms with Crippen molar-refractivity contribution in [1.29, 1.82) is 0 Å². The number of hydrogen-bond donors (Lipinski definition) is 3. The molecule has 0 atom stereocenters. The summed E-state index contributed by atoms with van der Waals surface area (Å²) >= 11 is 2.87. The van der Waals surface area contributed by atoms with Crippen molar-refractivity contribution in [2.24, 2.45) is 4.99 Å². The third-order valence-corrected chi connectivity index (χ3v) is 7.38. The van der Waals surface area contributed by atoms with Gasteiger partial charge in [-0.1, -0.05) is 6.07 Å². The smallest absolute Gasteiger partial charge is 0.250 e. The zero-order valence-electron chi connectivity index (χ0n) is 16.5. The molecule has 0 unspecified atom stereocenters. The molecule has 0 aliphatic carbocycles. The number of benzene rings is 1. The summed E-state index contributed by atoms with van der Waals surface area (Å²) in [6.07, 6.45) is 1.97. The third-order valence-electron chi connectivity index (χ3n) is 3.83. The Morgan fingerprint density at radius 3 is 2.55 bits per heavy atom. The van der Waals surface area contributed by atoms with Gasteiger partial charge in [-0.05, 0) is 48.6 Å². The molecule has 1 aromatic heterocycles. The van der Waals surface area contributed by atoms with E-state index in [2.05, 4.69) is 20.3 Å². The van der Waals surface area contributed by atoms with Crippen LogP contribution in [0.15, 0.2) is 39.5 Å². The van der Waals surface area contributed by atoms with Gasteiger partial charge in [0.05, 0.1) is 0 Å². The number of rotatable bonds is 9. The molecule has 29 heavy (non-hydrogen) atoms. The van der Waals surface area contributed by atoms with Crippen LogP contribution in [0.25, 0.3) is 0 Å². The summed E-state index contributed by atoms with van der Waals surface area (Å²) in [6.45, 7) is 2.97. The molecule has 0 radical (unpaired) electrons. The van der Waals surface area contributed by atoms with E-state index in [1.807, 2.05) is 13.2 Å². The van der Waals surface area contributed by atoms with E-state index in [1.165, 1.54) is 17.4 Å². The molecule has 1 heterocycles. The Morgan fingerprint density at radius 2 is 1.93 bits per heavy atom. The van der Waals surface area contributed by atoms with Crippen LogP contribution in [0.4, 0.5) is 4.39 Å². The number of halogens is 2. The predicted octanol–water partition coefficient (Wildman–Crippen LogP) is 3.32. The van der Waals surface area contributed by atoms with Gasteiger partial charge in [0.1, 0.15) is 10.0 Å². The van der Waals surface area contributed by atoms with E-state index < -0.39 is 10.0 Å².